The van der Waals surface area contributed by atoms with E-state index in [2.05, 4.69) is 9.44 Å². The van der Waals surface area contributed by atoms with Crippen molar-refractivity contribution in [3.8, 4) is 0 Å². The van der Waals surface area contributed by atoms with E-state index in [0.29, 0.717) is 0 Å². The molecule has 0 saturated carbocycles. The number of nitrogens with one attached hydrogen (secondary N) is 2. The molecule has 0 unspecified atom stereocenters. The first-order valence-corrected chi connectivity index (χ1v) is 10.9. The zero-order valence-electron chi connectivity index (χ0n) is 13.9. The lowest BCUT2D eigenvalue weighted by Gasteiger charge is -2.11. The molecule has 0 radical (unpaired) electrons. The van der Waals surface area contributed by atoms with E-state index in [4.69, 9.17) is 4.74 Å². The van der Waals surface area contributed by atoms with Crippen LogP contribution in [0.1, 0.15) is 10.4 Å². The predicted molar refractivity (Wildman–Crippen MR) is 96.8 cm³/mol. The molecule has 0 saturated heterocycles. The van der Waals surface area contributed by atoms with Gasteiger partial charge in [-0.25, -0.2) is 26.4 Å². The molecule has 2 rings (SSSR count). The van der Waals surface area contributed by atoms with E-state index in [1.807, 2.05) is 0 Å². The topological polar surface area (TPSA) is 119 Å². The molecule has 0 aliphatic heterocycles. The van der Waals surface area contributed by atoms with Gasteiger partial charge in [0, 0.05) is 6.54 Å². The minimum absolute atomic E-state index is 0.0313. The number of hydrogen-bond acceptors (Lipinski definition) is 6. The second kappa shape index (κ2) is 8.30. The fourth-order valence-corrected chi connectivity index (χ4v) is 3.64. The van der Waals surface area contributed by atoms with Gasteiger partial charge in [0.2, 0.25) is 20.0 Å². The highest BCUT2D eigenvalue weighted by Crippen LogP contribution is 2.17. The van der Waals surface area contributed by atoms with Gasteiger partial charge in [0.15, 0.2) is 0 Å². The highest BCUT2D eigenvalue weighted by atomic mass is 32.2. The van der Waals surface area contributed by atoms with E-state index < -0.39 is 26.0 Å². The molecule has 2 aromatic carbocycles. The average molecular weight is 398 g/mol. The lowest BCUT2D eigenvalue weighted by Crippen LogP contribution is -2.28. The highest BCUT2D eigenvalue weighted by Gasteiger charge is 2.16. The molecule has 2 N–H and O–H groups in total. The molecule has 0 bridgehead atoms. The maximum absolute atomic E-state index is 12.1. The number of esters is 1. The third-order valence-corrected chi connectivity index (χ3v) is 5.19. The lowest BCUT2D eigenvalue weighted by atomic mass is 10.2. The first-order valence-electron chi connectivity index (χ1n) is 7.48. The number of para-hydroxylation sites is 1. The van der Waals surface area contributed by atoms with Crippen LogP contribution in [0.4, 0.5) is 5.69 Å². The van der Waals surface area contributed by atoms with Crippen molar-refractivity contribution >= 4 is 31.7 Å². The summed E-state index contributed by atoms with van der Waals surface area (Å²) in [4.78, 5) is 12.2. The molecule has 0 heterocycles. The first-order chi connectivity index (χ1) is 12.2. The minimum atomic E-state index is -3.69. The van der Waals surface area contributed by atoms with E-state index in [0.717, 1.165) is 6.26 Å². The summed E-state index contributed by atoms with van der Waals surface area (Å²) in [5.41, 5.74) is 0.119. The van der Waals surface area contributed by atoms with Gasteiger partial charge in [0.05, 0.1) is 22.4 Å². The number of hydrogen-bond donors (Lipinski definition) is 2. The van der Waals surface area contributed by atoms with E-state index in [-0.39, 0.29) is 29.3 Å². The number of anilines is 1. The zero-order chi connectivity index (χ0) is 19.2. The summed E-state index contributed by atoms with van der Waals surface area (Å²) >= 11 is 0. The predicted octanol–water partition coefficient (Wildman–Crippen LogP) is 1.19. The molecule has 0 aromatic heterocycles. The SMILES string of the molecule is CS(=O)(=O)Nc1ccccc1C(=O)OCCNS(=O)(=O)c1ccccc1. The Kier molecular flexibility index (Phi) is 6.35. The van der Waals surface area contributed by atoms with Gasteiger partial charge < -0.3 is 4.74 Å². The molecule has 0 atom stereocenters. The van der Waals surface area contributed by atoms with Crippen molar-refractivity contribution in [2.24, 2.45) is 0 Å². The second-order valence-electron chi connectivity index (χ2n) is 5.27. The van der Waals surface area contributed by atoms with Crippen LogP contribution in [0.15, 0.2) is 59.5 Å². The standard InChI is InChI=1S/C16H18N2O6S2/c1-25(20,21)18-15-10-6-5-9-14(15)16(19)24-12-11-17-26(22,23)13-7-3-2-4-8-13/h2-10,17-18H,11-12H2,1H3. The van der Waals surface area contributed by atoms with Crippen LogP contribution in [-0.4, -0.2) is 42.2 Å². The summed E-state index contributed by atoms with van der Waals surface area (Å²) in [5.74, 6) is -0.768. The molecule has 10 heteroatoms. The van der Waals surface area contributed by atoms with Crippen LogP contribution in [0.3, 0.4) is 0 Å². The summed E-state index contributed by atoms with van der Waals surface area (Å²) < 4.78 is 56.3. The van der Waals surface area contributed by atoms with Crippen molar-refractivity contribution in [2.45, 2.75) is 4.90 Å². The largest absolute Gasteiger partial charge is 0.461 e. The fourth-order valence-electron chi connectivity index (χ4n) is 2.03. The van der Waals surface area contributed by atoms with E-state index in [1.54, 1.807) is 30.3 Å². The smallest absolute Gasteiger partial charge is 0.340 e. The third kappa shape index (κ3) is 5.83. The molecule has 0 amide bonds. The third-order valence-electron chi connectivity index (χ3n) is 3.12. The number of carbonyl (C=O) groups excluding carboxylic acids is 1. The van der Waals surface area contributed by atoms with Gasteiger partial charge in [-0.3, -0.25) is 4.72 Å². The Labute approximate surface area is 152 Å². The summed E-state index contributed by atoms with van der Waals surface area (Å²) in [7, 11) is -7.25. The Bertz CT molecular complexity index is 973. The molecule has 2 aromatic rings. The number of ether oxygens (including phenoxy) is 1. The zero-order valence-corrected chi connectivity index (χ0v) is 15.5. The molecule has 26 heavy (non-hydrogen) atoms. The summed E-state index contributed by atoms with van der Waals surface area (Å²) in [6.07, 6.45) is 0.966. The van der Waals surface area contributed by atoms with Crippen LogP contribution < -0.4 is 9.44 Å². The monoisotopic (exact) mass is 398 g/mol. The van der Waals surface area contributed by atoms with Gasteiger partial charge in [-0.2, -0.15) is 0 Å². The second-order valence-corrected chi connectivity index (χ2v) is 8.78. The summed E-state index contributed by atoms with van der Waals surface area (Å²) in [6, 6.07) is 13.7. The number of benzene rings is 2. The molecule has 0 aliphatic carbocycles. The van der Waals surface area contributed by atoms with Crippen molar-refractivity contribution in [3.63, 3.8) is 0 Å². The normalized spacial score (nSPS) is 11.7. The number of carbonyl (C=O) groups is 1. The van der Waals surface area contributed by atoms with E-state index in [1.165, 1.54) is 24.3 Å². The van der Waals surface area contributed by atoms with Crippen LogP contribution in [0, 0.1) is 0 Å². The Morgan fingerprint density at radius 2 is 1.58 bits per heavy atom. The Balaban J connectivity index is 1.94. The van der Waals surface area contributed by atoms with Crippen LogP contribution >= 0.6 is 0 Å². The van der Waals surface area contributed by atoms with Crippen molar-refractivity contribution in [1.82, 2.24) is 4.72 Å². The van der Waals surface area contributed by atoms with Gasteiger partial charge in [0.25, 0.3) is 0 Å². The Morgan fingerprint density at radius 3 is 2.23 bits per heavy atom. The van der Waals surface area contributed by atoms with Crippen LogP contribution in [0.25, 0.3) is 0 Å². The van der Waals surface area contributed by atoms with E-state index in [9.17, 15) is 21.6 Å². The Hall–Kier alpha value is -2.43. The molecule has 0 spiro atoms. The number of sulfonamides is 2. The van der Waals surface area contributed by atoms with Gasteiger partial charge in [0.1, 0.15) is 6.61 Å². The van der Waals surface area contributed by atoms with Crippen LogP contribution in [0.5, 0.6) is 0 Å². The molecule has 0 fully saturated rings. The summed E-state index contributed by atoms with van der Waals surface area (Å²) in [6.45, 7) is -0.331. The molecule has 0 aliphatic rings. The van der Waals surface area contributed by atoms with Crippen molar-refractivity contribution in [2.75, 3.05) is 24.1 Å². The maximum Gasteiger partial charge on any atom is 0.340 e. The van der Waals surface area contributed by atoms with Gasteiger partial charge in [-0.05, 0) is 24.3 Å². The number of rotatable bonds is 8. The Morgan fingerprint density at radius 1 is 0.962 bits per heavy atom. The van der Waals surface area contributed by atoms with Gasteiger partial charge in [-0.15, -0.1) is 0 Å². The van der Waals surface area contributed by atoms with Crippen molar-refractivity contribution in [1.29, 1.82) is 0 Å². The highest BCUT2D eigenvalue weighted by molar-refractivity contribution is 7.92. The van der Waals surface area contributed by atoms with E-state index >= 15 is 0 Å². The average Bonchev–Trinajstić information content (AvgIpc) is 2.58. The molecular formula is C16H18N2O6S2. The van der Waals surface area contributed by atoms with Crippen LogP contribution in [-0.2, 0) is 24.8 Å². The van der Waals surface area contributed by atoms with Crippen molar-refractivity contribution < 1.29 is 26.4 Å². The first kappa shape index (κ1) is 19.9. The maximum atomic E-state index is 12.1. The minimum Gasteiger partial charge on any atom is -0.461 e. The summed E-state index contributed by atoms with van der Waals surface area (Å²) in [5, 5.41) is 0. The molecular weight excluding hydrogens is 380 g/mol. The van der Waals surface area contributed by atoms with Gasteiger partial charge >= 0.3 is 5.97 Å². The van der Waals surface area contributed by atoms with Crippen LogP contribution in [0.2, 0.25) is 0 Å². The quantitative estimate of drug-likeness (QED) is 0.509. The lowest BCUT2D eigenvalue weighted by molar-refractivity contribution is 0.0514. The molecule has 8 nitrogen and oxygen atoms in total. The van der Waals surface area contributed by atoms with Gasteiger partial charge in [-0.1, -0.05) is 30.3 Å². The van der Waals surface area contributed by atoms with Crippen molar-refractivity contribution in [3.05, 3.63) is 60.2 Å². The molecule has 140 valence electrons. The fraction of sp³-hybridized carbons (Fsp3) is 0.188.